The van der Waals surface area contributed by atoms with Crippen molar-refractivity contribution >= 4 is 0 Å². The molecule has 0 aliphatic rings. The summed E-state index contributed by atoms with van der Waals surface area (Å²) >= 11 is 0. The predicted octanol–water partition coefficient (Wildman–Crippen LogP) is 2.85. The number of benzene rings is 1. The van der Waals surface area contributed by atoms with Gasteiger partial charge in [0.15, 0.2) is 0 Å². The molecule has 1 aromatic rings. The lowest BCUT2D eigenvalue weighted by atomic mass is 10.1. The second-order valence-corrected chi connectivity index (χ2v) is 4.96. The van der Waals surface area contributed by atoms with E-state index in [-0.39, 0.29) is 5.82 Å². The second kappa shape index (κ2) is 8.63. The molecule has 0 spiro atoms. The minimum atomic E-state index is -0.365. The topological polar surface area (TPSA) is 45.0 Å². The average molecular weight is 264 g/mol. The molecule has 0 aliphatic heterocycles. The van der Waals surface area contributed by atoms with Crippen molar-refractivity contribution in [2.75, 3.05) is 19.8 Å². The SMILES string of the molecule is CC(C)COCCCNCc1cc(F)cc(C#N)c1. The highest BCUT2D eigenvalue weighted by molar-refractivity contribution is 5.33. The van der Waals surface area contributed by atoms with Crippen molar-refractivity contribution in [1.29, 1.82) is 5.26 Å². The predicted molar refractivity (Wildman–Crippen MR) is 73.1 cm³/mol. The summed E-state index contributed by atoms with van der Waals surface area (Å²) in [5.74, 6) is 0.195. The van der Waals surface area contributed by atoms with Gasteiger partial charge in [0, 0.05) is 19.8 Å². The van der Waals surface area contributed by atoms with Crippen molar-refractivity contribution < 1.29 is 9.13 Å². The van der Waals surface area contributed by atoms with Crippen LogP contribution in [0.5, 0.6) is 0 Å². The van der Waals surface area contributed by atoms with Gasteiger partial charge in [-0.2, -0.15) is 5.26 Å². The molecule has 0 aromatic heterocycles. The number of ether oxygens (including phenoxy) is 1. The highest BCUT2D eigenvalue weighted by atomic mass is 19.1. The van der Waals surface area contributed by atoms with Crippen LogP contribution in [0.3, 0.4) is 0 Å². The van der Waals surface area contributed by atoms with E-state index in [0.717, 1.165) is 31.7 Å². The number of nitrogens with one attached hydrogen (secondary N) is 1. The fourth-order valence-corrected chi connectivity index (χ4v) is 1.67. The van der Waals surface area contributed by atoms with E-state index in [1.165, 1.54) is 12.1 Å². The van der Waals surface area contributed by atoms with Gasteiger partial charge in [0.05, 0.1) is 11.6 Å². The summed E-state index contributed by atoms with van der Waals surface area (Å²) in [7, 11) is 0. The van der Waals surface area contributed by atoms with Crippen molar-refractivity contribution in [3.8, 4) is 6.07 Å². The maximum atomic E-state index is 13.2. The van der Waals surface area contributed by atoms with E-state index in [1.807, 2.05) is 6.07 Å². The summed E-state index contributed by atoms with van der Waals surface area (Å²) < 4.78 is 18.6. The van der Waals surface area contributed by atoms with Gasteiger partial charge in [-0.15, -0.1) is 0 Å². The summed E-state index contributed by atoms with van der Waals surface area (Å²) in [5, 5.41) is 12.0. The first-order valence-electron chi connectivity index (χ1n) is 6.60. The van der Waals surface area contributed by atoms with Crippen molar-refractivity contribution in [3.63, 3.8) is 0 Å². The summed E-state index contributed by atoms with van der Waals surface area (Å²) in [6.45, 7) is 7.14. The maximum absolute atomic E-state index is 13.2. The van der Waals surface area contributed by atoms with Crippen LogP contribution in [0.25, 0.3) is 0 Å². The number of nitriles is 1. The highest BCUT2D eigenvalue weighted by Gasteiger charge is 2.00. The fraction of sp³-hybridized carbons (Fsp3) is 0.533. The van der Waals surface area contributed by atoms with Crippen LogP contribution in [-0.4, -0.2) is 19.8 Å². The molecular weight excluding hydrogens is 243 g/mol. The Morgan fingerprint density at radius 1 is 1.37 bits per heavy atom. The van der Waals surface area contributed by atoms with Crippen LogP contribution in [0.4, 0.5) is 4.39 Å². The van der Waals surface area contributed by atoms with Gasteiger partial charge in [-0.1, -0.05) is 13.8 Å². The average Bonchev–Trinajstić information content (AvgIpc) is 2.36. The van der Waals surface area contributed by atoms with Crippen LogP contribution in [-0.2, 0) is 11.3 Å². The Bertz CT molecular complexity index is 427. The number of hydrogen-bond donors (Lipinski definition) is 1. The molecule has 104 valence electrons. The standard InChI is InChI=1S/C15H21FN2O/c1-12(2)11-19-5-3-4-18-10-14-6-13(9-17)7-15(16)8-14/h6-8,12,18H,3-5,10-11H2,1-2H3. The zero-order chi connectivity index (χ0) is 14.1. The Morgan fingerprint density at radius 2 is 2.16 bits per heavy atom. The monoisotopic (exact) mass is 264 g/mol. The van der Waals surface area contributed by atoms with Gasteiger partial charge in [0.2, 0.25) is 0 Å². The molecule has 0 atom stereocenters. The number of halogens is 1. The zero-order valence-corrected chi connectivity index (χ0v) is 11.6. The second-order valence-electron chi connectivity index (χ2n) is 4.96. The summed E-state index contributed by atoms with van der Waals surface area (Å²) in [5.41, 5.74) is 1.15. The van der Waals surface area contributed by atoms with E-state index in [2.05, 4.69) is 19.2 Å². The van der Waals surface area contributed by atoms with Crippen molar-refractivity contribution in [1.82, 2.24) is 5.32 Å². The first-order chi connectivity index (χ1) is 9.11. The van der Waals surface area contributed by atoms with Gasteiger partial charge >= 0.3 is 0 Å². The van der Waals surface area contributed by atoms with Crippen molar-refractivity contribution in [2.24, 2.45) is 5.92 Å². The Hall–Kier alpha value is -1.44. The van der Waals surface area contributed by atoms with E-state index in [9.17, 15) is 4.39 Å². The molecule has 0 bridgehead atoms. The van der Waals surface area contributed by atoms with E-state index in [0.29, 0.717) is 18.0 Å². The molecule has 1 aromatic carbocycles. The lowest BCUT2D eigenvalue weighted by Gasteiger charge is -2.08. The normalized spacial score (nSPS) is 10.7. The lowest BCUT2D eigenvalue weighted by molar-refractivity contribution is 0.108. The molecule has 3 nitrogen and oxygen atoms in total. The molecule has 0 heterocycles. The largest absolute Gasteiger partial charge is 0.381 e. The zero-order valence-electron chi connectivity index (χ0n) is 11.6. The first kappa shape index (κ1) is 15.6. The van der Waals surface area contributed by atoms with Crippen LogP contribution in [0.1, 0.15) is 31.4 Å². The molecule has 0 saturated carbocycles. The number of nitrogens with zero attached hydrogens (tertiary/aromatic N) is 1. The minimum absolute atomic E-state index is 0.358. The van der Waals surface area contributed by atoms with E-state index < -0.39 is 0 Å². The number of hydrogen-bond acceptors (Lipinski definition) is 3. The number of rotatable bonds is 8. The molecule has 1 rings (SSSR count). The van der Waals surface area contributed by atoms with Crippen LogP contribution in [0.15, 0.2) is 18.2 Å². The van der Waals surface area contributed by atoms with Gasteiger partial charge in [-0.25, -0.2) is 4.39 Å². The summed E-state index contributed by atoms with van der Waals surface area (Å²) in [6.07, 6.45) is 0.924. The molecule has 0 aliphatic carbocycles. The Morgan fingerprint density at radius 3 is 2.84 bits per heavy atom. The van der Waals surface area contributed by atoms with Crippen LogP contribution in [0.2, 0.25) is 0 Å². The van der Waals surface area contributed by atoms with Gasteiger partial charge in [0.1, 0.15) is 5.82 Å². The van der Waals surface area contributed by atoms with Crippen molar-refractivity contribution in [2.45, 2.75) is 26.8 Å². The third-order valence-corrected chi connectivity index (χ3v) is 2.51. The smallest absolute Gasteiger partial charge is 0.124 e. The first-order valence-corrected chi connectivity index (χ1v) is 6.60. The van der Waals surface area contributed by atoms with Crippen LogP contribution >= 0.6 is 0 Å². The maximum Gasteiger partial charge on any atom is 0.124 e. The third kappa shape index (κ3) is 6.90. The molecule has 0 radical (unpaired) electrons. The molecule has 1 N–H and O–H groups in total. The molecule has 0 unspecified atom stereocenters. The van der Waals surface area contributed by atoms with Gasteiger partial charge in [0.25, 0.3) is 0 Å². The van der Waals surface area contributed by atoms with Crippen LogP contribution < -0.4 is 5.32 Å². The fourth-order valence-electron chi connectivity index (χ4n) is 1.67. The van der Waals surface area contributed by atoms with E-state index in [1.54, 1.807) is 6.07 Å². The molecule has 19 heavy (non-hydrogen) atoms. The minimum Gasteiger partial charge on any atom is -0.381 e. The Balaban J connectivity index is 2.19. The molecule has 0 fully saturated rings. The molecular formula is C15H21FN2O. The molecule has 0 amide bonds. The van der Waals surface area contributed by atoms with E-state index >= 15 is 0 Å². The van der Waals surface area contributed by atoms with E-state index in [4.69, 9.17) is 10.00 Å². The molecule has 4 heteroatoms. The van der Waals surface area contributed by atoms with Crippen LogP contribution in [0, 0.1) is 23.1 Å². The lowest BCUT2D eigenvalue weighted by Crippen LogP contribution is -2.17. The van der Waals surface area contributed by atoms with Gasteiger partial charge in [-0.3, -0.25) is 0 Å². The van der Waals surface area contributed by atoms with Gasteiger partial charge < -0.3 is 10.1 Å². The Kier molecular flexibility index (Phi) is 7.09. The Labute approximate surface area is 114 Å². The molecule has 0 saturated heterocycles. The third-order valence-electron chi connectivity index (χ3n) is 2.51. The highest BCUT2D eigenvalue weighted by Crippen LogP contribution is 2.08. The van der Waals surface area contributed by atoms with Crippen molar-refractivity contribution in [3.05, 3.63) is 35.1 Å². The summed E-state index contributed by atoms with van der Waals surface area (Å²) in [4.78, 5) is 0. The summed E-state index contributed by atoms with van der Waals surface area (Å²) in [6, 6.07) is 6.34. The van der Waals surface area contributed by atoms with Gasteiger partial charge in [-0.05, 0) is 42.6 Å². The quantitative estimate of drug-likeness (QED) is 0.734.